The normalized spacial score (nSPS) is 13.0. The van der Waals surface area contributed by atoms with Crippen LogP contribution in [0.5, 0.6) is 17.2 Å². The highest BCUT2D eigenvalue weighted by Gasteiger charge is 2.16. The van der Waals surface area contributed by atoms with Crippen LogP contribution in [0.3, 0.4) is 0 Å². The lowest BCUT2D eigenvalue weighted by atomic mass is 9.96. The summed E-state index contributed by atoms with van der Waals surface area (Å²) in [6.45, 7) is 11.5. The molecule has 0 spiro atoms. The molecule has 5 rings (SSSR count). The molecule has 0 saturated carbocycles. The maximum Gasteiger partial charge on any atom is 0.158 e. The summed E-state index contributed by atoms with van der Waals surface area (Å²) in [5.74, 6) is 4.17. The van der Waals surface area contributed by atoms with Crippen molar-refractivity contribution in [3.8, 4) is 17.2 Å². The molecule has 3 aromatic heterocycles. The van der Waals surface area contributed by atoms with Crippen molar-refractivity contribution in [3.05, 3.63) is 72.4 Å². The van der Waals surface area contributed by atoms with Gasteiger partial charge in [-0.25, -0.2) is 19.5 Å². The summed E-state index contributed by atoms with van der Waals surface area (Å²) in [5.41, 5.74) is 4.53. The van der Waals surface area contributed by atoms with E-state index in [0.717, 1.165) is 51.3 Å². The molecule has 0 saturated heterocycles. The number of hydrogen-bond donors (Lipinski definition) is 1. The molecular weight excluding hydrogens is 476 g/mol. The van der Waals surface area contributed by atoms with Gasteiger partial charge in [0.1, 0.15) is 35.7 Å². The first-order valence-corrected chi connectivity index (χ1v) is 13.1. The zero-order valence-corrected chi connectivity index (χ0v) is 22.6. The van der Waals surface area contributed by atoms with E-state index in [-0.39, 0.29) is 0 Å². The van der Waals surface area contributed by atoms with Gasteiger partial charge < -0.3 is 14.8 Å². The Labute approximate surface area is 223 Å². The van der Waals surface area contributed by atoms with Crippen LogP contribution < -0.4 is 14.8 Å². The van der Waals surface area contributed by atoms with Gasteiger partial charge in [0.15, 0.2) is 5.65 Å². The second kappa shape index (κ2) is 11.0. The van der Waals surface area contributed by atoms with Crippen molar-refractivity contribution in [3.63, 3.8) is 0 Å². The van der Waals surface area contributed by atoms with Crippen molar-refractivity contribution in [2.24, 2.45) is 11.8 Å². The molecule has 2 atom stereocenters. The molecule has 0 aliphatic heterocycles. The lowest BCUT2D eigenvalue weighted by Crippen LogP contribution is -2.13. The maximum atomic E-state index is 6.42. The number of ether oxygens (including phenoxy) is 2. The molecule has 196 valence electrons. The van der Waals surface area contributed by atoms with Gasteiger partial charge in [0.2, 0.25) is 0 Å². The lowest BCUT2D eigenvalue weighted by Gasteiger charge is -2.19. The van der Waals surface area contributed by atoms with Crippen LogP contribution in [0.25, 0.3) is 16.6 Å². The zero-order valence-electron chi connectivity index (χ0n) is 22.6. The fourth-order valence-electron chi connectivity index (χ4n) is 4.62. The Balaban J connectivity index is 1.38. The summed E-state index contributed by atoms with van der Waals surface area (Å²) in [5, 5.41) is 8.51. The fourth-order valence-corrected chi connectivity index (χ4v) is 4.62. The quantitative estimate of drug-likeness (QED) is 0.211. The van der Waals surface area contributed by atoms with E-state index in [0.29, 0.717) is 30.0 Å². The Morgan fingerprint density at radius 3 is 2.61 bits per heavy atom. The molecule has 0 radical (unpaired) electrons. The van der Waals surface area contributed by atoms with Gasteiger partial charge >= 0.3 is 0 Å². The number of benzene rings is 2. The van der Waals surface area contributed by atoms with Crippen molar-refractivity contribution < 1.29 is 9.47 Å². The van der Waals surface area contributed by atoms with E-state index in [4.69, 9.17) is 9.47 Å². The van der Waals surface area contributed by atoms with E-state index >= 15 is 0 Å². The van der Waals surface area contributed by atoms with Crippen LogP contribution in [0.2, 0.25) is 0 Å². The summed E-state index contributed by atoms with van der Waals surface area (Å²) in [7, 11) is 0. The first-order chi connectivity index (χ1) is 18.4. The maximum absolute atomic E-state index is 6.42. The number of aryl methyl sites for hydroxylation is 2. The third kappa shape index (κ3) is 5.54. The number of nitrogens with one attached hydrogen (secondary N) is 1. The Bertz CT molecular complexity index is 1560. The summed E-state index contributed by atoms with van der Waals surface area (Å²) >= 11 is 0. The van der Waals surface area contributed by atoms with Gasteiger partial charge in [0.25, 0.3) is 0 Å². The standard InChI is InChI=1S/C30H34N6O2/c1-6-19(2)13-20(3)16-37-29-21(4)7-9-25-28(29)30(33-17-31-25)35-23-8-10-26(22(5)14-23)38-24-11-12-36-27(15-24)32-18-34-36/h7-12,14-15,17-20H,6,13,16H2,1-5H3,(H,31,33,35). The minimum Gasteiger partial charge on any atom is -0.492 e. The second-order valence-corrected chi connectivity index (χ2v) is 10.1. The van der Waals surface area contributed by atoms with Gasteiger partial charge in [-0.15, -0.1) is 0 Å². The van der Waals surface area contributed by atoms with Crippen molar-refractivity contribution in [2.75, 3.05) is 11.9 Å². The molecule has 0 aliphatic rings. The van der Waals surface area contributed by atoms with Gasteiger partial charge in [-0.3, -0.25) is 0 Å². The first-order valence-electron chi connectivity index (χ1n) is 13.1. The smallest absolute Gasteiger partial charge is 0.158 e. The molecule has 38 heavy (non-hydrogen) atoms. The monoisotopic (exact) mass is 510 g/mol. The van der Waals surface area contributed by atoms with E-state index in [2.05, 4.69) is 59.1 Å². The van der Waals surface area contributed by atoms with E-state index in [1.807, 2.05) is 49.5 Å². The lowest BCUT2D eigenvalue weighted by molar-refractivity contribution is 0.235. The third-order valence-electron chi connectivity index (χ3n) is 6.88. The Hall–Kier alpha value is -4.20. The number of fused-ring (bicyclic) bond motifs is 2. The van der Waals surface area contributed by atoms with Crippen LogP contribution in [0, 0.1) is 25.7 Å². The van der Waals surface area contributed by atoms with E-state index < -0.39 is 0 Å². The molecular formula is C30H34N6O2. The molecule has 8 heteroatoms. The highest BCUT2D eigenvalue weighted by atomic mass is 16.5. The van der Waals surface area contributed by atoms with Crippen LogP contribution in [-0.2, 0) is 0 Å². The highest BCUT2D eigenvalue weighted by Crippen LogP contribution is 2.36. The number of pyridine rings is 1. The summed E-state index contributed by atoms with van der Waals surface area (Å²) in [6.07, 6.45) is 7.26. The van der Waals surface area contributed by atoms with Gasteiger partial charge in [-0.2, -0.15) is 5.10 Å². The predicted molar refractivity (Wildman–Crippen MR) is 151 cm³/mol. The largest absolute Gasteiger partial charge is 0.492 e. The molecule has 2 aromatic carbocycles. The Morgan fingerprint density at radius 2 is 1.79 bits per heavy atom. The SMILES string of the molecule is CCC(C)CC(C)COc1c(C)ccc2ncnc(Nc3ccc(Oc4ccn5ncnc5c4)c(C)c3)c12. The molecule has 1 N–H and O–H groups in total. The molecule has 5 aromatic rings. The van der Waals surface area contributed by atoms with E-state index in [1.165, 1.54) is 12.7 Å². The Kier molecular flexibility index (Phi) is 7.40. The number of rotatable bonds is 10. The number of nitrogens with zero attached hydrogens (tertiary/aromatic N) is 5. The number of aromatic nitrogens is 5. The van der Waals surface area contributed by atoms with Crippen LogP contribution in [0.4, 0.5) is 11.5 Å². The molecule has 0 bridgehead atoms. The van der Waals surface area contributed by atoms with Crippen LogP contribution in [0.15, 0.2) is 61.3 Å². The number of hydrogen-bond acceptors (Lipinski definition) is 7. The van der Waals surface area contributed by atoms with Crippen LogP contribution >= 0.6 is 0 Å². The highest BCUT2D eigenvalue weighted by molar-refractivity contribution is 5.96. The van der Waals surface area contributed by atoms with Crippen molar-refractivity contribution in [1.82, 2.24) is 24.6 Å². The summed E-state index contributed by atoms with van der Waals surface area (Å²) < 4.78 is 14.2. The first kappa shape index (κ1) is 25.4. The fraction of sp³-hybridized carbons (Fsp3) is 0.333. The number of anilines is 2. The minimum atomic E-state index is 0.460. The molecule has 0 amide bonds. The molecule has 2 unspecified atom stereocenters. The van der Waals surface area contributed by atoms with Crippen LogP contribution in [0.1, 0.15) is 44.7 Å². The van der Waals surface area contributed by atoms with Crippen LogP contribution in [-0.4, -0.2) is 31.2 Å². The molecule has 8 nitrogen and oxygen atoms in total. The third-order valence-corrected chi connectivity index (χ3v) is 6.88. The summed E-state index contributed by atoms with van der Waals surface area (Å²) in [6, 6.07) is 13.8. The van der Waals surface area contributed by atoms with Crippen molar-refractivity contribution in [2.45, 2.75) is 47.5 Å². The van der Waals surface area contributed by atoms with Crippen molar-refractivity contribution >= 4 is 28.1 Å². The molecule has 0 fully saturated rings. The van der Waals surface area contributed by atoms with Gasteiger partial charge in [0.05, 0.1) is 17.5 Å². The summed E-state index contributed by atoms with van der Waals surface area (Å²) in [4.78, 5) is 13.3. The van der Waals surface area contributed by atoms with Crippen molar-refractivity contribution in [1.29, 1.82) is 0 Å². The predicted octanol–water partition coefficient (Wildman–Crippen LogP) is 7.28. The van der Waals surface area contributed by atoms with E-state index in [9.17, 15) is 0 Å². The van der Waals surface area contributed by atoms with Gasteiger partial charge in [0, 0.05) is 18.0 Å². The zero-order chi connectivity index (χ0) is 26.6. The average molecular weight is 511 g/mol. The van der Waals surface area contributed by atoms with Gasteiger partial charge in [-0.1, -0.05) is 33.3 Å². The average Bonchev–Trinajstić information content (AvgIpc) is 3.38. The molecule has 0 aliphatic carbocycles. The van der Waals surface area contributed by atoms with E-state index in [1.54, 1.807) is 10.8 Å². The Morgan fingerprint density at radius 1 is 0.921 bits per heavy atom. The topological polar surface area (TPSA) is 86.5 Å². The second-order valence-electron chi connectivity index (χ2n) is 10.1. The van der Waals surface area contributed by atoms with Gasteiger partial charge in [-0.05, 0) is 73.6 Å². The molecule has 3 heterocycles. The minimum absolute atomic E-state index is 0.460.